The topological polar surface area (TPSA) is 89.5 Å². The van der Waals surface area contributed by atoms with Crippen LogP contribution in [-0.2, 0) is 0 Å². The van der Waals surface area contributed by atoms with Crippen LogP contribution in [0.15, 0.2) is 48.7 Å². The molecule has 0 unspecified atom stereocenters. The number of nitrogens with zero attached hydrogens (tertiary/aromatic N) is 6. The van der Waals surface area contributed by atoms with E-state index in [9.17, 15) is 10.1 Å². The highest BCUT2D eigenvalue weighted by molar-refractivity contribution is 5.97. The number of non-ortho nitro benzene ring substituents is 1. The Morgan fingerprint density at radius 1 is 1.10 bits per heavy atom. The van der Waals surface area contributed by atoms with E-state index in [1.54, 1.807) is 6.07 Å². The molecule has 0 radical (unpaired) electrons. The fraction of sp³-hybridized carbons (Fsp3) is 0.286. The van der Waals surface area contributed by atoms with Crippen molar-refractivity contribution >= 4 is 27.9 Å². The van der Waals surface area contributed by atoms with Crippen molar-refractivity contribution in [3.63, 3.8) is 0 Å². The van der Waals surface area contributed by atoms with Crippen molar-refractivity contribution in [1.82, 2.24) is 19.6 Å². The van der Waals surface area contributed by atoms with Gasteiger partial charge in [-0.15, -0.1) is 10.2 Å². The molecule has 0 amide bonds. The Labute approximate surface area is 167 Å². The molecule has 1 saturated heterocycles. The number of nitro benzene ring substituents is 1. The molecule has 0 aliphatic carbocycles. The molecule has 3 aromatic heterocycles. The number of benzene rings is 1. The molecule has 0 bridgehead atoms. The third-order valence-electron chi connectivity index (χ3n) is 5.66. The molecular weight excluding hydrogens is 368 g/mol. The summed E-state index contributed by atoms with van der Waals surface area (Å²) in [7, 11) is 0. The zero-order valence-corrected chi connectivity index (χ0v) is 16.0. The number of para-hydroxylation sites is 1. The molecule has 0 atom stereocenters. The highest BCUT2D eigenvalue weighted by atomic mass is 16.6. The minimum absolute atomic E-state index is 0.0530. The number of hydrogen-bond donors (Lipinski definition) is 0. The summed E-state index contributed by atoms with van der Waals surface area (Å²) in [5.74, 6) is 1.35. The van der Waals surface area contributed by atoms with Gasteiger partial charge in [-0.25, -0.2) is 4.98 Å². The molecule has 0 saturated carbocycles. The summed E-state index contributed by atoms with van der Waals surface area (Å²) in [5, 5.41) is 21.0. The van der Waals surface area contributed by atoms with Gasteiger partial charge in [0, 0.05) is 48.0 Å². The minimum Gasteiger partial charge on any atom is -0.371 e. The van der Waals surface area contributed by atoms with E-state index in [4.69, 9.17) is 0 Å². The van der Waals surface area contributed by atoms with Crippen LogP contribution in [0.25, 0.3) is 16.6 Å². The Morgan fingerprint density at radius 3 is 2.72 bits per heavy atom. The summed E-state index contributed by atoms with van der Waals surface area (Å²) in [6.45, 7) is 3.59. The number of rotatable bonds is 3. The van der Waals surface area contributed by atoms with Gasteiger partial charge < -0.3 is 4.90 Å². The normalized spacial score (nSPS) is 15.3. The second-order valence-electron chi connectivity index (χ2n) is 7.46. The summed E-state index contributed by atoms with van der Waals surface area (Å²) < 4.78 is 2.07. The molecule has 0 spiro atoms. The average Bonchev–Trinajstić information content (AvgIpc) is 3.17. The number of hydrogen-bond acceptors (Lipinski definition) is 6. The SMILES string of the molecule is Cc1cc(N2CCC(c3nnc4ccccn34)CC2)c2cccc([N+](=O)[O-])c2n1. The van der Waals surface area contributed by atoms with E-state index in [0.717, 1.165) is 54.2 Å². The highest BCUT2D eigenvalue weighted by Gasteiger charge is 2.26. The lowest BCUT2D eigenvalue weighted by Gasteiger charge is -2.33. The second kappa shape index (κ2) is 6.80. The van der Waals surface area contributed by atoms with Gasteiger partial charge in [0.2, 0.25) is 0 Å². The van der Waals surface area contributed by atoms with Crippen molar-refractivity contribution in [1.29, 1.82) is 0 Å². The highest BCUT2D eigenvalue weighted by Crippen LogP contribution is 2.35. The Kier molecular flexibility index (Phi) is 4.12. The van der Waals surface area contributed by atoms with Gasteiger partial charge >= 0.3 is 0 Å². The fourth-order valence-corrected chi connectivity index (χ4v) is 4.27. The zero-order chi connectivity index (χ0) is 20.0. The van der Waals surface area contributed by atoms with Crippen molar-refractivity contribution in [3.05, 3.63) is 70.3 Å². The number of aryl methyl sites for hydroxylation is 1. The van der Waals surface area contributed by atoms with Crippen molar-refractivity contribution in [2.45, 2.75) is 25.7 Å². The van der Waals surface area contributed by atoms with Crippen molar-refractivity contribution in [2.24, 2.45) is 0 Å². The van der Waals surface area contributed by atoms with Crippen LogP contribution in [0.1, 0.15) is 30.3 Å². The third kappa shape index (κ3) is 2.97. The average molecular weight is 388 g/mol. The molecule has 5 rings (SSSR count). The molecule has 1 aliphatic rings. The standard InChI is InChI=1S/C21H20N6O2/c1-14-13-18(16-5-4-6-17(27(28)29)20(16)22-14)25-11-8-15(9-12-25)21-24-23-19-7-2-3-10-26(19)21/h2-7,10,13,15H,8-9,11-12H2,1H3. The second-order valence-corrected chi connectivity index (χ2v) is 7.46. The molecule has 29 heavy (non-hydrogen) atoms. The monoisotopic (exact) mass is 388 g/mol. The lowest BCUT2D eigenvalue weighted by atomic mass is 9.95. The molecule has 146 valence electrons. The van der Waals surface area contributed by atoms with Gasteiger partial charge in [0.1, 0.15) is 5.82 Å². The predicted molar refractivity (Wildman–Crippen MR) is 110 cm³/mol. The molecule has 8 nitrogen and oxygen atoms in total. The van der Waals surface area contributed by atoms with E-state index in [2.05, 4.69) is 24.5 Å². The van der Waals surface area contributed by atoms with Crippen molar-refractivity contribution in [3.8, 4) is 0 Å². The zero-order valence-electron chi connectivity index (χ0n) is 16.0. The Hall–Kier alpha value is -3.55. The lowest BCUT2D eigenvalue weighted by Crippen LogP contribution is -2.33. The van der Waals surface area contributed by atoms with E-state index < -0.39 is 0 Å². The summed E-state index contributed by atoms with van der Waals surface area (Å²) in [4.78, 5) is 17.8. The van der Waals surface area contributed by atoms with Gasteiger partial charge in [0.25, 0.3) is 5.69 Å². The third-order valence-corrected chi connectivity index (χ3v) is 5.66. The van der Waals surface area contributed by atoms with Crippen LogP contribution >= 0.6 is 0 Å². The van der Waals surface area contributed by atoms with Crippen LogP contribution in [0.2, 0.25) is 0 Å². The van der Waals surface area contributed by atoms with E-state index in [-0.39, 0.29) is 10.6 Å². The quantitative estimate of drug-likeness (QED) is 0.391. The van der Waals surface area contributed by atoms with Gasteiger partial charge in [0.05, 0.1) is 4.92 Å². The van der Waals surface area contributed by atoms with E-state index in [1.165, 1.54) is 6.07 Å². The van der Waals surface area contributed by atoms with Crippen LogP contribution in [0.3, 0.4) is 0 Å². The number of anilines is 1. The van der Waals surface area contributed by atoms with Gasteiger partial charge in [-0.1, -0.05) is 18.2 Å². The van der Waals surface area contributed by atoms with Crippen LogP contribution < -0.4 is 4.90 Å². The molecular formula is C21H20N6O2. The first-order valence-electron chi connectivity index (χ1n) is 9.71. The predicted octanol–water partition coefficient (Wildman–Crippen LogP) is 3.88. The maximum atomic E-state index is 11.4. The van der Waals surface area contributed by atoms with Crippen LogP contribution in [0, 0.1) is 17.0 Å². The molecule has 1 aromatic carbocycles. The fourth-order valence-electron chi connectivity index (χ4n) is 4.27. The first-order valence-corrected chi connectivity index (χ1v) is 9.71. The number of pyridine rings is 2. The number of nitro groups is 1. The summed E-state index contributed by atoms with van der Waals surface area (Å²) in [5.41, 5.74) is 3.18. The first kappa shape index (κ1) is 17.5. The Bertz CT molecular complexity index is 1230. The van der Waals surface area contributed by atoms with Crippen LogP contribution in [0.4, 0.5) is 11.4 Å². The summed E-state index contributed by atoms with van der Waals surface area (Å²) >= 11 is 0. The van der Waals surface area contributed by atoms with E-state index >= 15 is 0 Å². The lowest BCUT2D eigenvalue weighted by molar-refractivity contribution is -0.383. The largest absolute Gasteiger partial charge is 0.371 e. The maximum absolute atomic E-state index is 11.4. The van der Waals surface area contributed by atoms with Crippen LogP contribution in [-0.4, -0.2) is 37.6 Å². The van der Waals surface area contributed by atoms with Crippen LogP contribution in [0.5, 0.6) is 0 Å². The molecule has 4 heterocycles. The van der Waals surface area contributed by atoms with Crippen molar-refractivity contribution < 1.29 is 4.92 Å². The number of piperidine rings is 1. The molecule has 8 heteroatoms. The van der Waals surface area contributed by atoms with E-state index in [1.807, 2.05) is 43.5 Å². The summed E-state index contributed by atoms with van der Waals surface area (Å²) in [6, 6.07) is 13.1. The molecule has 1 aliphatic heterocycles. The van der Waals surface area contributed by atoms with Crippen molar-refractivity contribution in [2.75, 3.05) is 18.0 Å². The molecule has 0 N–H and O–H groups in total. The molecule has 4 aromatic rings. The van der Waals surface area contributed by atoms with Gasteiger partial charge in [-0.05, 0) is 38.0 Å². The minimum atomic E-state index is -0.360. The van der Waals surface area contributed by atoms with Gasteiger partial charge in [-0.3, -0.25) is 14.5 Å². The summed E-state index contributed by atoms with van der Waals surface area (Å²) in [6.07, 6.45) is 3.91. The number of aromatic nitrogens is 4. The van der Waals surface area contributed by atoms with Gasteiger partial charge in [0.15, 0.2) is 11.2 Å². The smallest absolute Gasteiger partial charge is 0.295 e. The van der Waals surface area contributed by atoms with E-state index in [0.29, 0.717) is 11.4 Å². The maximum Gasteiger partial charge on any atom is 0.295 e. The van der Waals surface area contributed by atoms with Gasteiger partial charge in [-0.2, -0.15) is 0 Å². The molecule has 1 fully saturated rings. The number of fused-ring (bicyclic) bond motifs is 2. The Morgan fingerprint density at radius 2 is 1.93 bits per heavy atom. The first-order chi connectivity index (χ1) is 14.1. The Balaban J connectivity index is 1.46.